The first-order chi connectivity index (χ1) is 18.1. The number of hydrogen-bond acceptors (Lipinski definition) is 7. The molecule has 0 unspecified atom stereocenters. The molecule has 1 aromatic carbocycles. The largest absolute Gasteiger partial charge is 0.335 e. The summed E-state index contributed by atoms with van der Waals surface area (Å²) in [7, 11) is 0. The number of imidazole rings is 1. The van der Waals surface area contributed by atoms with Gasteiger partial charge in [0.2, 0.25) is 11.8 Å². The summed E-state index contributed by atoms with van der Waals surface area (Å²) in [5, 5.41) is 22.9. The fourth-order valence-electron chi connectivity index (χ4n) is 4.53. The molecular formula is C26H30N10O. The first-order valence-corrected chi connectivity index (χ1v) is 12.5. The maximum atomic E-state index is 13.8. The Bertz CT molecular complexity index is 1530. The normalized spacial score (nSPS) is 11.5. The second-order valence-corrected chi connectivity index (χ2v) is 9.45. The molecule has 0 radical (unpaired) electrons. The number of rotatable bonds is 10. The van der Waals surface area contributed by atoms with Crippen LogP contribution in [0.5, 0.6) is 0 Å². The lowest BCUT2D eigenvalue weighted by Gasteiger charge is -2.14. The lowest BCUT2D eigenvalue weighted by molar-refractivity contribution is 0.512. The fraction of sp³-hybridized carbons (Fsp3) is 0.346. The van der Waals surface area contributed by atoms with Crippen LogP contribution in [0.3, 0.4) is 0 Å². The lowest BCUT2D eigenvalue weighted by Crippen LogP contribution is -2.27. The molecule has 11 heteroatoms. The van der Waals surface area contributed by atoms with Crippen LogP contribution < -0.4 is 5.69 Å². The number of unbranched alkanes of at least 4 members (excludes halogenated alkanes) is 1. The SMILES string of the molecule is CCCCc1cn(-c2nncn2CC(C)C)c(=O)n1Cc1cnccc1-c1ccccc1-c1nn[nH]n1. The fourth-order valence-corrected chi connectivity index (χ4v) is 4.53. The first-order valence-electron chi connectivity index (χ1n) is 12.5. The van der Waals surface area contributed by atoms with Crippen molar-refractivity contribution in [3.63, 3.8) is 0 Å². The minimum absolute atomic E-state index is 0.148. The highest BCUT2D eigenvalue weighted by Crippen LogP contribution is 2.32. The van der Waals surface area contributed by atoms with E-state index in [0.717, 1.165) is 53.8 Å². The smallest absolute Gasteiger partial charge is 0.299 e. The number of aromatic amines is 1. The van der Waals surface area contributed by atoms with Gasteiger partial charge in [0.25, 0.3) is 0 Å². The summed E-state index contributed by atoms with van der Waals surface area (Å²) in [6.45, 7) is 7.49. The maximum Gasteiger partial charge on any atom is 0.335 e. The minimum atomic E-state index is -0.148. The summed E-state index contributed by atoms with van der Waals surface area (Å²) in [4.78, 5) is 18.2. The predicted molar refractivity (Wildman–Crippen MR) is 139 cm³/mol. The van der Waals surface area contributed by atoms with E-state index in [4.69, 9.17) is 0 Å². The van der Waals surface area contributed by atoms with Gasteiger partial charge in [-0.2, -0.15) is 5.21 Å². The topological polar surface area (TPSA) is 125 Å². The van der Waals surface area contributed by atoms with Gasteiger partial charge in [0.05, 0.1) is 6.54 Å². The van der Waals surface area contributed by atoms with E-state index >= 15 is 0 Å². The van der Waals surface area contributed by atoms with E-state index in [-0.39, 0.29) is 5.69 Å². The monoisotopic (exact) mass is 498 g/mol. The molecule has 0 fully saturated rings. The van der Waals surface area contributed by atoms with Crippen molar-refractivity contribution in [2.45, 2.75) is 53.1 Å². The molecule has 0 saturated heterocycles. The summed E-state index contributed by atoms with van der Waals surface area (Å²) in [5.74, 6) is 1.43. The standard InChI is InChI=1S/C26H30N10O/c1-4-5-8-20-16-36(25-31-28-17-34(25)14-18(2)3)26(37)35(20)15-19-13-27-12-11-21(19)22-9-6-7-10-23(22)24-29-32-33-30-24/h6-7,9-13,16-18H,4-5,8,14-15H2,1-3H3,(H,29,30,32,33). The van der Waals surface area contributed by atoms with E-state index in [1.54, 1.807) is 17.1 Å². The second kappa shape index (κ2) is 10.7. The van der Waals surface area contributed by atoms with Crippen molar-refractivity contribution in [3.8, 4) is 28.5 Å². The predicted octanol–water partition coefficient (Wildman–Crippen LogP) is 3.52. The van der Waals surface area contributed by atoms with Crippen LogP contribution in [0.1, 0.15) is 44.9 Å². The number of benzene rings is 1. The first kappa shape index (κ1) is 24.3. The van der Waals surface area contributed by atoms with Crippen molar-refractivity contribution in [1.82, 2.24) is 49.5 Å². The summed E-state index contributed by atoms with van der Waals surface area (Å²) in [6.07, 6.45) is 9.94. The van der Waals surface area contributed by atoms with Crippen molar-refractivity contribution >= 4 is 0 Å². The van der Waals surface area contributed by atoms with Crippen molar-refractivity contribution < 1.29 is 0 Å². The van der Waals surface area contributed by atoms with Crippen LogP contribution in [0.2, 0.25) is 0 Å². The molecule has 5 rings (SSSR count). The number of H-pyrrole nitrogens is 1. The molecule has 4 heterocycles. The van der Waals surface area contributed by atoms with Crippen molar-refractivity contribution in [2.75, 3.05) is 0 Å². The molecule has 5 aromatic rings. The molecule has 0 aliphatic rings. The van der Waals surface area contributed by atoms with Gasteiger partial charge in [-0.25, -0.2) is 9.36 Å². The van der Waals surface area contributed by atoms with Gasteiger partial charge in [-0.3, -0.25) is 14.1 Å². The number of pyridine rings is 1. The molecule has 0 aliphatic heterocycles. The minimum Gasteiger partial charge on any atom is -0.299 e. The Labute approximate surface area is 214 Å². The molecular weight excluding hydrogens is 468 g/mol. The molecule has 0 aliphatic carbocycles. The van der Waals surface area contributed by atoms with Crippen LogP contribution in [0.25, 0.3) is 28.5 Å². The van der Waals surface area contributed by atoms with Crippen molar-refractivity contribution in [3.05, 3.63) is 77.0 Å². The molecule has 190 valence electrons. The van der Waals surface area contributed by atoms with Gasteiger partial charge >= 0.3 is 5.69 Å². The van der Waals surface area contributed by atoms with Crippen LogP contribution in [0, 0.1) is 5.92 Å². The zero-order valence-electron chi connectivity index (χ0n) is 21.2. The lowest BCUT2D eigenvalue weighted by atomic mass is 9.96. The number of nitrogens with one attached hydrogen (secondary N) is 1. The number of nitrogens with zero attached hydrogens (tertiary/aromatic N) is 9. The summed E-state index contributed by atoms with van der Waals surface area (Å²) >= 11 is 0. The van der Waals surface area contributed by atoms with E-state index in [0.29, 0.717) is 24.2 Å². The van der Waals surface area contributed by atoms with E-state index < -0.39 is 0 Å². The third-order valence-electron chi connectivity index (χ3n) is 6.26. The third kappa shape index (κ3) is 4.97. The molecule has 0 spiro atoms. The van der Waals surface area contributed by atoms with Gasteiger partial charge in [0, 0.05) is 36.4 Å². The molecule has 1 N–H and O–H groups in total. The van der Waals surface area contributed by atoms with E-state index in [2.05, 4.69) is 56.6 Å². The van der Waals surface area contributed by atoms with Gasteiger partial charge in [-0.1, -0.05) is 51.5 Å². The van der Waals surface area contributed by atoms with Crippen LogP contribution >= 0.6 is 0 Å². The van der Waals surface area contributed by atoms with Crippen molar-refractivity contribution in [1.29, 1.82) is 0 Å². The molecule has 37 heavy (non-hydrogen) atoms. The number of hydrogen-bond donors (Lipinski definition) is 1. The summed E-state index contributed by atoms with van der Waals surface area (Å²) in [5.41, 5.74) is 4.47. The maximum absolute atomic E-state index is 13.8. The van der Waals surface area contributed by atoms with Crippen LogP contribution in [0.15, 0.2) is 60.0 Å². The molecule has 0 atom stereocenters. The Morgan fingerprint density at radius 1 is 1.05 bits per heavy atom. The van der Waals surface area contributed by atoms with E-state index in [1.807, 2.05) is 51.9 Å². The summed E-state index contributed by atoms with van der Waals surface area (Å²) in [6, 6.07) is 9.85. The zero-order valence-corrected chi connectivity index (χ0v) is 21.2. The van der Waals surface area contributed by atoms with Gasteiger partial charge in [-0.15, -0.1) is 20.4 Å². The highest BCUT2D eigenvalue weighted by molar-refractivity contribution is 5.81. The Morgan fingerprint density at radius 2 is 1.89 bits per heavy atom. The Morgan fingerprint density at radius 3 is 2.65 bits per heavy atom. The Balaban J connectivity index is 1.59. The average molecular weight is 499 g/mol. The highest BCUT2D eigenvalue weighted by atomic mass is 16.2. The van der Waals surface area contributed by atoms with Gasteiger partial charge in [-0.05, 0) is 46.7 Å². The van der Waals surface area contributed by atoms with E-state index in [9.17, 15) is 4.79 Å². The quantitative estimate of drug-likeness (QED) is 0.312. The third-order valence-corrected chi connectivity index (χ3v) is 6.26. The van der Waals surface area contributed by atoms with Crippen molar-refractivity contribution in [2.24, 2.45) is 5.92 Å². The molecule has 4 aromatic heterocycles. The molecule has 0 bridgehead atoms. The molecule has 11 nitrogen and oxygen atoms in total. The molecule has 0 saturated carbocycles. The average Bonchev–Trinajstić information content (AvgIpc) is 3.65. The highest BCUT2D eigenvalue weighted by Gasteiger charge is 2.19. The van der Waals surface area contributed by atoms with Crippen LogP contribution in [-0.2, 0) is 19.5 Å². The van der Waals surface area contributed by atoms with E-state index in [1.165, 1.54) is 0 Å². The Kier molecular flexibility index (Phi) is 7.02. The number of tetrazole rings is 1. The second-order valence-electron chi connectivity index (χ2n) is 9.45. The van der Waals surface area contributed by atoms with Crippen LogP contribution in [0.4, 0.5) is 0 Å². The van der Waals surface area contributed by atoms with Gasteiger partial charge in [0.1, 0.15) is 6.33 Å². The number of aryl methyl sites for hydroxylation is 1. The summed E-state index contributed by atoms with van der Waals surface area (Å²) < 4.78 is 5.36. The Hall–Kier alpha value is -4.41. The zero-order chi connectivity index (χ0) is 25.8. The van der Waals surface area contributed by atoms with Gasteiger partial charge < -0.3 is 0 Å². The molecule has 0 amide bonds. The van der Waals surface area contributed by atoms with Crippen LogP contribution in [-0.4, -0.2) is 49.5 Å². The number of aromatic nitrogens is 10. The van der Waals surface area contributed by atoms with Gasteiger partial charge in [0.15, 0.2) is 0 Å².